The Morgan fingerprint density at radius 2 is 2.08 bits per heavy atom. The van der Waals surface area contributed by atoms with E-state index in [9.17, 15) is 4.39 Å². The number of hydrogen-bond acceptors (Lipinski definition) is 4. The molecule has 0 unspecified atom stereocenters. The van der Waals surface area contributed by atoms with Crippen molar-refractivity contribution in [2.75, 3.05) is 0 Å². The monoisotopic (exact) mass is 366 g/mol. The van der Waals surface area contributed by atoms with E-state index in [1.54, 1.807) is 23.1 Å². The predicted octanol–water partition coefficient (Wildman–Crippen LogP) is 3.66. The first-order valence-electron chi connectivity index (χ1n) is 7.83. The largest absolute Gasteiger partial charge is 0.330 e. The van der Waals surface area contributed by atoms with Gasteiger partial charge >= 0.3 is 0 Å². The summed E-state index contributed by atoms with van der Waals surface area (Å²) in [4.78, 5) is 8.34. The summed E-state index contributed by atoms with van der Waals surface area (Å²) in [6.07, 6.45) is 5.01. The van der Waals surface area contributed by atoms with Crippen molar-refractivity contribution in [2.45, 2.75) is 13.1 Å². The third kappa shape index (κ3) is 2.91. The van der Waals surface area contributed by atoms with Gasteiger partial charge in [0.1, 0.15) is 35.9 Å². The second-order valence-electron chi connectivity index (χ2n) is 5.70. The van der Waals surface area contributed by atoms with Gasteiger partial charge in [-0.2, -0.15) is 10.4 Å². The Morgan fingerprint density at radius 1 is 1.19 bits per heavy atom. The molecule has 0 fully saturated rings. The average Bonchev–Trinajstić information content (AvgIpc) is 3.29. The van der Waals surface area contributed by atoms with Crippen LogP contribution in [0.3, 0.4) is 0 Å². The first kappa shape index (κ1) is 16.2. The zero-order valence-corrected chi connectivity index (χ0v) is 14.2. The fraction of sp³-hybridized carbons (Fsp3) is 0.111. The molecule has 26 heavy (non-hydrogen) atoms. The highest BCUT2D eigenvalue weighted by Gasteiger charge is 2.14. The highest BCUT2D eigenvalue weighted by Crippen LogP contribution is 2.32. The van der Waals surface area contributed by atoms with E-state index in [2.05, 4.69) is 21.1 Å². The van der Waals surface area contributed by atoms with Gasteiger partial charge in [0.25, 0.3) is 0 Å². The van der Waals surface area contributed by atoms with Crippen LogP contribution in [0.1, 0.15) is 5.69 Å². The zero-order chi connectivity index (χ0) is 18.1. The van der Waals surface area contributed by atoms with Gasteiger partial charge in [0.2, 0.25) is 0 Å². The molecule has 0 aliphatic carbocycles. The summed E-state index contributed by atoms with van der Waals surface area (Å²) in [5, 5.41) is 14.2. The van der Waals surface area contributed by atoms with Gasteiger partial charge in [-0.05, 0) is 29.8 Å². The smallest absolute Gasteiger partial charge is 0.142 e. The molecule has 0 amide bonds. The molecule has 4 aromatic rings. The van der Waals surface area contributed by atoms with E-state index in [1.165, 1.54) is 18.5 Å². The molecular formula is C18H12ClFN6. The van der Waals surface area contributed by atoms with Crippen LogP contribution in [0.25, 0.3) is 22.2 Å². The predicted molar refractivity (Wildman–Crippen MR) is 94.9 cm³/mol. The van der Waals surface area contributed by atoms with E-state index in [0.717, 1.165) is 10.9 Å². The Labute approximate surface area is 153 Å². The second-order valence-corrected chi connectivity index (χ2v) is 6.11. The summed E-state index contributed by atoms with van der Waals surface area (Å²) in [7, 11) is 0. The van der Waals surface area contributed by atoms with Crippen LogP contribution in [0.2, 0.25) is 5.02 Å². The van der Waals surface area contributed by atoms with E-state index in [-0.39, 0.29) is 5.02 Å². The van der Waals surface area contributed by atoms with Crippen molar-refractivity contribution in [2.24, 2.45) is 0 Å². The number of fused-ring (bicyclic) bond motifs is 1. The van der Waals surface area contributed by atoms with Crippen LogP contribution in [0, 0.1) is 17.1 Å². The first-order chi connectivity index (χ1) is 12.7. The molecule has 128 valence electrons. The van der Waals surface area contributed by atoms with E-state index in [4.69, 9.17) is 16.9 Å². The molecule has 0 bridgehead atoms. The second kappa shape index (κ2) is 6.58. The van der Waals surface area contributed by atoms with Crippen LogP contribution in [0.15, 0.2) is 49.2 Å². The van der Waals surface area contributed by atoms with Crippen LogP contribution >= 0.6 is 11.6 Å². The minimum absolute atomic E-state index is 0.0774. The molecule has 0 aliphatic heterocycles. The van der Waals surface area contributed by atoms with Crippen molar-refractivity contribution in [1.82, 2.24) is 24.3 Å². The Kier molecular flexibility index (Phi) is 4.11. The van der Waals surface area contributed by atoms with Gasteiger partial charge in [-0.25, -0.2) is 14.4 Å². The average molecular weight is 367 g/mol. The van der Waals surface area contributed by atoms with E-state index < -0.39 is 5.82 Å². The molecule has 0 N–H and O–H groups in total. The standard InChI is InChI=1S/C18H12ClFN6/c19-16-4-1-12(7-17(16)20)15-9-25(5-6-26-11-22-10-23-26)18-14(15)3-2-13(8-21)24-18/h1-4,7,9-11H,5-6H2. The van der Waals surface area contributed by atoms with Gasteiger partial charge in [0.15, 0.2) is 0 Å². The van der Waals surface area contributed by atoms with E-state index in [0.29, 0.717) is 30.0 Å². The number of benzene rings is 1. The summed E-state index contributed by atoms with van der Waals surface area (Å²) in [6.45, 7) is 1.18. The molecule has 6 nitrogen and oxygen atoms in total. The van der Waals surface area contributed by atoms with Crippen LogP contribution in [0.5, 0.6) is 0 Å². The fourth-order valence-corrected chi connectivity index (χ4v) is 2.97. The molecular weight excluding hydrogens is 355 g/mol. The van der Waals surface area contributed by atoms with Crippen LogP contribution in [0.4, 0.5) is 4.39 Å². The van der Waals surface area contributed by atoms with Gasteiger partial charge in [-0.15, -0.1) is 0 Å². The van der Waals surface area contributed by atoms with Crippen molar-refractivity contribution >= 4 is 22.6 Å². The molecule has 0 saturated heterocycles. The SMILES string of the molecule is N#Cc1ccc2c(-c3ccc(Cl)c(F)c3)cn(CCn3cncn3)c2n1. The topological polar surface area (TPSA) is 72.3 Å². The van der Waals surface area contributed by atoms with Crippen LogP contribution < -0.4 is 0 Å². The van der Waals surface area contributed by atoms with E-state index >= 15 is 0 Å². The van der Waals surface area contributed by atoms with Crippen LogP contribution in [-0.2, 0) is 13.1 Å². The summed E-state index contributed by atoms with van der Waals surface area (Å²) in [5.41, 5.74) is 2.51. The van der Waals surface area contributed by atoms with E-state index in [1.807, 2.05) is 16.8 Å². The summed E-state index contributed by atoms with van der Waals surface area (Å²) in [6, 6.07) is 10.2. The number of nitriles is 1. The summed E-state index contributed by atoms with van der Waals surface area (Å²) in [5.74, 6) is -0.478. The molecule has 3 aromatic heterocycles. The number of aromatic nitrogens is 5. The zero-order valence-electron chi connectivity index (χ0n) is 13.5. The molecule has 4 rings (SSSR count). The Bertz CT molecular complexity index is 1130. The minimum Gasteiger partial charge on any atom is -0.330 e. The number of pyridine rings is 1. The lowest BCUT2D eigenvalue weighted by Crippen LogP contribution is -2.07. The lowest BCUT2D eigenvalue weighted by atomic mass is 10.1. The Morgan fingerprint density at radius 3 is 2.81 bits per heavy atom. The molecule has 0 aliphatic rings. The molecule has 3 heterocycles. The first-order valence-corrected chi connectivity index (χ1v) is 8.21. The Hall–Kier alpha value is -3.24. The van der Waals surface area contributed by atoms with Gasteiger partial charge < -0.3 is 4.57 Å². The van der Waals surface area contributed by atoms with Crippen molar-refractivity contribution in [3.63, 3.8) is 0 Å². The molecule has 0 radical (unpaired) electrons. The highest BCUT2D eigenvalue weighted by atomic mass is 35.5. The molecule has 0 saturated carbocycles. The van der Waals surface area contributed by atoms with Gasteiger partial charge in [-0.1, -0.05) is 17.7 Å². The van der Waals surface area contributed by atoms with Gasteiger partial charge in [0, 0.05) is 23.7 Å². The van der Waals surface area contributed by atoms with Crippen molar-refractivity contribution in [3.05, 3.63) is 65.7 Å². The maximum absolute atomic E-state index is 13.9. The van der Waals surface area contributed by atoms with Gasteiger partial charge in [0.05, 0.1) is 11.6 Å². The van der Waals surface area contributed by atoms with Gasteiger partial charge in [-0.3, -0.25) is 4.68 Å². The number of hydrogen-bond donors (Lipinski definition) is 0. The van der Waals surface area contributed by atoms with Crippen molar-refractivity contribution < 1.29 is 4.39 Å². The van der Waals surface area contributed by atoms with Crippen LogP contribution in [-0.4, -0.2) is 24.3 Å². The molecule has 0 spiro atoms. The third-order valence-electron chi connectivity index (χ3n) is 4.10. The number of halogens is 2. The van der Waals surface area contributed by atoms with Crippen molar-refractivity contribution in [1.29, 1.82) is 5.26 Å². The summed E-state index contributed by atoms with van der Waals surface area (Å²) < 4.78 is 17.5. The minimum atomic E-state index is -0.478. The number of aryl methyl sites for hydroxylation is 2. The molecule has 0 atom stereocenters. The third-order valence-corrected chi connectivity index (χ3v) is 4.41. The fourth-order valence-electron chi connectivity index (χ4n) is 2.85. The molecule has 1 aromatic carbocycles. The number of nitrogens with zero attached hydrogens (tertiary/aromatic N) is 6. The normalized spacial score (nSPS) is 11.0. The quantitative estimate of drug-likeness (QED) is 0.552. The lowest BCUT2D eigenvalue weighted by molar-refractivity contribution is 0.540. The Balaban J connectivity index is 1.82. The lowest BCUT2D eigenvalue weighted by Gasteiger charge is -2.04. The molecule has 8 heteroatoms. The number of rotatable bonds is 4. The summed E-state index contributed by atoms with van der Waals surface area (Å²) >= 11 is 5.79. The maximum Gasteiger partial charge on any atom is 0.142 e. The maximum atomic E-state index is 13.9. The van der Waals surface area contributed by atoms with Crippen molar-refractivity contribution in [3.8, 4) is 17.2 Å². The highest BCUT2D eigenvalue weighted by molar-refractivity contribution is 6.30.